The van der Waals surface area contributed by atoms with Crippen molar-refractivity contribution in [3.8, 4) is 16.1 Å². The van der Waals surface area contributed by atoms with Crippen LogP contribution < -0.4 is 10.5 Å². The molecule has 0 bridgehead atoms. The summed E-state index contributed by atoms with van der Waals surface area (Å²) in [6, 6.07) is 10.0. The minimum Gasteiger partial charge on any atom is -0.371 e. The van der Waals surface area contributed by atoms with Crippen LogP contribution in [0.2, 0.25) is 0 Å². The maximum atomic E-state index is 13.5. The molecule has 7 heteroatoms. The van der Waals surface area contributed by atoms with Gasteiger partial charge in [-0.05, 0) is 55.8 Å². The Morgan fingerprint density at radius 2 is 1.83 bits per heavy atom. The van der Waals surface area contributed by atoms with Crippen molar-refractivity contribution in [3.63, 3.8) is 0 Å². The maximum Gasteiger partial charge on any atom is 0.267 e. The van der Waals surface area contributed by atoms with E-state index in [1.54, 1.807) is 17.1 Å². The Labute approximate surface area is 174 Å². The molecular weight excluding hydrogens is 382 g/mol. The number of fused-ring (bicyclic) bond motifs is 3. The number of hydrogen-bond donors (Lipinski definition) is 0. The van der Waals surface area contributed by atoms with Gasteiger partial charge in [0.15, 0.2) is 0 Å². The van der Waals surface area contributed by atoms with Gasteiger partial charge in [0.25, 0.3) is 5.56 Å². The zero-order valence-electron chi connectivity index (χ0n) is 17.2. The predicted molar refractivity (Wildman–Crippen MR) is 121 cm³/mol. The van der Waals surface area contributed by atoms with Gasteiger partial charge in [0.1, 0.15) is 11.8 Å². The van der Waals surface area contributed by atoms with E-state index in [9.17, 15) is 4.79 Å². The van der Waals surface area contributed by atoms with Crippen LogP contribution >= 0.6 is 11.5 Å². The lowest BCUT2D eigenvalue weighted by molar-refractivity contribution is 0.417. The summed E-state index contributed by atoms with van der Waals surface area (Å²) in [7, 11) is 6.17. The van der Waals surface area contributed by atoms with Gasteiger partial charge in [0.05, 0.1) is 21.6 Å². The molecule has 2 heterocycles. The molecule has 1 aromatic carbocycles. The first-order valence-corrected chi connectivity index (χ1v) is 10.5. The summed E-state index contributed by atoms with van der Waals surface area (Å²) in [5.41, 5.74) is 4.79. The maximum absolute atomic E-state index is 13.5. The molecule has 0 saturated heterocycles. The number of aryl methyl sites for hydroxylation is 1. The van der Waals surface area contributed by atoms with E-state index < -0.39 is 0 Å². The van der Waals surface area contributed by atoms with Gasteiger partial charge in [-0.25, -0.2) is 9.36 Å². The van der Waals surface area contributed by atoms with Crippen LogP contribution in [-0.2, 0) is 6.42 Å². The molecular formula is C22H25N5OS. The second-order valence-corrected chi connectivity index (χ2v) is 8.29. The smallest absolute Gasteiger partial charge is 0.267 e. The largest absolute Gasteiger partial charge is 0.371 e. The molecule has 0 radical (unpaired) electrons. The van der Waals surface area contributed by atoms with Crippen molar-refractivity contribution < 1.29 is 0 Å². The molecule has 2 aliphatic rings. The van der Waals surface area contributed by atoms with Crippen LogP contribution in [-0.4, -0.2) is 53.1 Å². The topological polar surface area (TPSA) is 54.3 Å². The molecule has 1 aliphatic heterocycles. The Balaban J connectivity index is 1.90. The molecule has 0 fully saturated rings. The first-order chi connectivity index (χ1) is 14.0. The number of hydrogen-bond acceptors (Lipinski definition) is 6. The Kier molecular flexibility index (Phi) is 5.34. The summed E-state index contributed by atoms with van der Waals surface area (Å²) >= 11 is 1.35. The minimum absolute atomic E-state index is 0.0549. The monoisotopic (exact) mass is 407 g/mol. The van der Waals surface area contributed by atoms with Crippen LogP contribution in [0.15, 0.2) is 47.7 Å². The van der Waals surface area contributed by atoms with Gasteiger partial charge in [-0.2, -0.15) is 0 Å². The molecule has 6 nitrogen and oxygen atoms in total. The van der Waals surface area contributed by atoms with Crippen molar-refractivity contribution in [2.45, 2.75) is 13.3 Å². The standard InChI is InChI=1S/C22H25N5OS/c1-5-15-6-8-16(9-7-15)27-14-23-19-18(22(27)28)21-17(10-11-24-29-21)20(19)26(4)13-12-25(2)3/h6-11,14H,5,12-13H2,1-4H3. The molecule has 2 aromatic rings. The molecule has 29 heavy (non-hydrogen) atoms. The van der Waals surface area contributed by atoms with Crippen LogP contribution in [0.25, 0.3) is 27.0 Å². The van der Waals surface area contributed by atoms with Gasteiger partial charge in [-0.3, -0.25) is 9.36 Å². The first kappa shape index (κ1) is 19.5. The predicted octanol–water partition coefficient (Wildman–Crippen LogP) is 3.51. The summed E-state index contributed by atoms with van der Waals surface area (Å²) in [5, 5.41) is 0.645. The van der Waals surface area contributed by atoms with Gasteiger partial charge >= 0.3 is 0 Å². The van der Waals surface area contributed by atoms with Crippen molar-refractivity contribution in [3.05, 3.63) is 58.8 Å². The zero-order valence-corrected chi connectivity index (χ0v) is 18.0. The molecule has 0 N–H and O–H groups in total. The van der Waals surface area contributed by atoms with Gasteiger partial charge < -0.3 is 9.80 Å². The third-order valence-corrected chi connectivity index (χ3v) is 6.09. The lowest BCUT2D eigenvalue weighted by atomic mass is 10.1. The molecule has 0 amide bonds. The summed E-state index contributed by atoms with van der Waals surface area (Å²) < 4.78 is 5.94. The Bertz CT molecular complexity index is 1160. The number of likely N-dealkylation sites (N-methyl/N-ethyl adjacent to an activating group) is 2. The highest BCUT2D eigenvalue weighted by atomic mass is 32.1. The van der Waals surface area contributed by atoms with Crippen LogP contribution in [0.1, 0.15) is 12.5 Å². The van der Waals surface area contributed by atoms with E-state index in [4.69, 9.17) is 4.98 Å². The quantitative estimate of drug-likeness (QED) is 0.490. The highest BCUT2D eigenvalue weighted by Gasteiger charge is 2.25. The van der Waals surface area contributed by atoms with E-state index in [-0.39, 0.29) is 5.56 Å². The van der Waals surface area contributed by atoms with E-state index in [2.05, 4.69) is 54.4 Å². The number of aromatic nitrogens is 3. The average Bonchev–Trinajstić information content (AvgIpc) is 3.07. The zero-order chi connectivity index (χ0) is 20.5. The van der Waals surface area contributed by atoms with E-state index in [1.165, 1.54) is 17.1 Å². The summed E-state index contributed by atoms with van der Waals surface area (Å²) in [4.78, 5) is 23.4. The fraction of sp³-hybridized carbons (Fsp3) is 0.318. The van der Waals surface area contributed by atoms with Gasteiger partial charge in [-0.1, -0.05) is 19.1 Å². The van der Waals surface area contributed by atoms with Crippen molar-refractivity contribution >= 4 is 28.1 Å². The molecule has 0 saturated carbocycles. The molecule has 1 aliphatic carbocycles. The van der Waals surface area contributed by atoms with Gasteiger partial charge in [-0.15, -0.1) is 0 Å². The SMILES string of the molecule is CCc1ccc(-n2cnc3c(N(C)CCN(C)C)c4ccnsc-4c3c2=O)cc1. The van der Waals surface area contributed by atoms with Crippen molar-refractivity contribution in [1.82, 2.24) is 18.8 Å². The number of anilines is 1. The second-order valence-electron chi connectivity index (χ2n) is 7.49. The van der Waals surface area contributed by atoms with E-state index in [1.807, 2.05) is 18.2 Å². The van der Waals surface area contributed by atoms with Crippen LogP contribution in [0.5, 0.6) is 0 Å². The molecule has 0 spiro atoms. The van der Waals surface area contributed by atoms with E-state index in [0.29, 0.717) is 5.39 Å². The molecule has 0 unspecified atom stereocenters. The third-order valence-electron chi connectivity index (χ3n) is 5.26. The first-order valence-electron chi connectivity index (χ1n) is 9.74. The summed E-state index contributed by atoms with van der Waals surface area (Å²) in [6.07, 6.45) is 4.40. The molecule has 0 atom stereocenters. The van der Waals surface area contributed by atoms with Gasteiger partial charge in [0.2, 0.25) is 0 Å². The lowest BCUT2D eigenvalue weighted by Crippen LogP contribution is -2.28. The fourth-order valence-corrected chi connectivity index (χ4v) is 4.34. The van der Waals surface area contributed by atoms with Crippen molar-refractivity contribution in [2.75, 3.05) is 39.1 Å². The highest BCUT2D eigenvalue weighted by Crippen LogP contribution is 2.43. The van der Waals surface area contributed by atoms with E-state index in [0.717, 1.165) is 46.8 Å². The highest BCUT2D eigenvalue weighted by molar-refractivity contribution is 7.10. The fourth-order valence-electron chi connectivity index (χ4n) is 3.57. The van der Waals surface area contributed by atoms with Crippen LogP contribution in [0.3, 0.4) is 0 Å². The number of rotatable bonds is 6. The van der Waals surface area contributed by atoms with Crippen molar-refractivity contribution in [1.29, 1.82) is 0 Å². The molecule has 4 rings (SSSR count). The Morgan fingerprint density at radius 1 is 1.07 bits per heavy atom. The van der Waals surface area contributed by atoms with Crippen LogP contribution in [0.4, 0.5) is 5.69 Å². The minimum atomic E-state index is -0.0549. The molecule has 1 aromatic heterocycles. The lowest BCUT2D eigenvalue weighted by Gasteiger charge is -2.22. The van der Waals surface area contributed by atoms with Crippen LogP contribution in [0, 0.1) is 0 Å². The normalized spacial score (nSPS) is 11.6. The van der Waals surface area contributed by atoms with E-state index >= 15 is 0 Å². The second kappa shape index (κ2) is 7.93. The van der Waals surface area contributed by atoms with Gasteiger partial charge in [0, 0.05) is 31.9 Å². The summed E-state index contributed by atoms with van der Waals surface area (Å²) in [5.74, 6) is 0. The Hall–Kier alpha value is -2.77. The average molecular weight is 408 g/mol. The molecule has 150 valence electrons. The number of nitrogens with zero attached hydrogens (tertiary/aromatic N) is 5. The Morgan fingerprint density at radius 3 is 2.52 bits per heavy atom. The number of benzene rings is 1. The summed E-state index contributed by atoms with van der Waals surface area (Å²) in [6.45, 7) is 3.88. The van der Waals surface area contributed by atoms with Crippen molar-refractivity contribution in [2.24, 2.45) is 0 Å². The third kappa shape index (κ3) is 3.52.